The molecule has 18 heavy (non-hydrogen) atoms. The van der Waals surface area contributed by atoms with E-state index in [2.05, 4.69) is 13.2 Å². The molecule has 1 aromatic carbocycles. The fourth-order valence-corrected chi connectivity index (χ4v) is 1.25. The van der Waals surface area contributed by atoms with Gasteiger partial charge in [0.05, 0.1) is 0 Å². The van der Waals surface area contributed by atoms with Crippen LogP contribution in [0, 0.1) is 6.92 Å². The van der Waals surface area contributed by atoms with Crippen LogP contribution in [0.15, 0.2) is 43.0 Å². The van der Waals surface area contributed by atoms with Gasteiger partial charge >= 0.3 is 6.18 Å². The largest absolute Gasteiger partial charge is 0.412 e. The number of alkyl halides is 3. The van der Waals surface area contributed by atoms with Crippen molar-refractivity contribution in [2.24, 2.45) is 0 Å². The second kappa shape index (κ2) is 7.04. The van der Waals surface area contributed by atoms with E-state index in [9.17, 15) is 13.2 Å². The molecule has 0 aliphatic carbocycles. The zero-order valence-corrected chi connectivity index (χ0v) is 11.1. The maximum Gasteiger partial charge on any atom is 0.412 e. The van der Waals surface area contributed by atoms with E-state index in [0.717, 1.165) is 11.1 Å². The third-order valence-corrected chi connectivity index (χ3v) is 2.29. The fourth-order valence-electron chi connectivity index (χ4n) is 1.25. The Hall–Kier alpha value is -1.51. The van der Waals surface area contributed by atoms with Crippen LogP contribution in [-0.4, -0.2) is 6.18 Å². The minimum Gasteiger partial charge on any atom is -0.166 e. The highest BCUT2D eigenvalue weighted by molar-refractivity contribution is 5.65. The van der Waals surface area contributed by atoms with Crippen molar-refractivity contribution >= 4 is 5.57 Å². The first-order chi connectivity index (χ1) is 8.30. The maximum absolute atomic E-state index is 12.2. The molecule has 0 fully saturated rings. The fraction of sp³-hybridized carbons (Fsp3) is 0.333. The molecule has 0 aromatic heterocycles. The van der Waals surface area contributed by atoms with Crippen LogP contribution in [0.4, 0.5) is 13.2 Å². The summed E-state index contributed by atoms with van der Waals surface area (Å²) in [5.74, 6) is 0. The predicted octanol–water partition coefficient (Wildman–Crippen LogP) is 5.54. The van der Waals surface area contributed by atoms with Gasteiger partial charge in [-0.05, 0) is 18.1 Å². The van der Waals surface area contributed by atoms with Crippen LogP contribution in [0.1, 0.15) is 31.4 Å². The molecule has 0 amide bonds. The first-order valence-corrected chi connectivity index (χ1v) is 5.80. The van der Waals surface area contributed by atoms with E-state index in [-0.39, 0.29) is 6.42 Å². The molecule has 0 aliphatic heterocycles. The molecule has 0 nitrogen and oxygen atoms in total. The number of hydrogen-bond acceptors (Lipinski definition) is 0. The van der Waals surface area contributed by atoms with Crippen molar-refractivity contribution in [3.8, 4) is 0 Å². The van der Waals surface area contributed by atoms with Crippen LogP contribution in [0.25, 0.3) is 5.57 Å². The SMILES string of the molecule is C=C(CC(=C)C(F)(F)F)c1ccc(C)cc1.CC. The highest BCUT2D eigenvalue weighted by Crippen LogP contribution is 2.31. The van der Waals surface area contributed by atoms with E-state index in [0.29, 0.717) is 5.57 Å². The lowest BCUT2D eigenvalue weighted by molar-refractivity contribution is -0.0922. The third-order valence-electron chi connectivity index (χ3n) is 2.29. The third kappa shape index (κ3) is 5.21. The second-order valence-electron chi connectivity index (χ2n) is 3.75. The Morgan fingerprint density at radius 3 is 1.89 bits per heavy atom. The van der Waals surface area contributed by atoms with Crippen molar-refractivity contribution in [2.45, 2.75) is 33.4 Å². The lowest BCUT2D eigenvalue weighted by Crippen LogP contribution is -2.10. The van der Waals surface area contributed by atoms with Gasteiger partial charge < -0.3 is 0 Å². The molecule has 0 saturated carbocycles. The summed E-state index contributed by atoms with van der Waals surface area (Å²) < 4.78 is 36.7. The quantitative estimate of drug-likeness (QED) is 0.622. The van der Waals surface area contributed by atoms with E-state index in [1.165, 1.54) is 0 Å². The van der Waals surface area contributed by atoms with E-state index in [1.807, 2.05) is 32.9 Å². The standard InChI is InChI=1S/C13H13F3.C2H6/c1-9-4-6-12(7-5-9)10(2)8-11(3)13(14,15)16;1-2/h4-7H,2-3,8H2,1H3;1-2H3. The molecule has 1 aromatic rings. The summed E-state index contributed by atoms with van der Waals surface area (Å²) in [4.78, 5) is 0. The van der Waals surface area contributed by atoms with E-state index < -0.39 is 11.7 Å². The maximum atomic E-state index is 12.2. The van der Waals surface area contributed by atoms with Gasteiger partial charge in [-0.3, -0.25) is 0 Å². The number of halogens is 3. The molecule has 0 atom stereocenters. The molecule has 0 heterocycles. The number of hydrogen-bond donors (Lipinski definition) is 0. The van der Waals surface area contributed by atoms with Gasteiger partial charge in [0.1, 0.15) is 0 Å². The van der Waals surface area contributed by atoms with Crippen molar-refractivity contribution in [1.29, 1.82) is 0 Å². The van der Waals surface area contributed by atoms with E-state index in [1.54, 1.807) is 12.1 Å². The van der Waals surface area contributed by atoms with Crippen LogP contribution in [0.5, 0.6) is 0 Å². The van der Waals surface area contributed by atoms with Crippen LogP contribution < -0.4 is 0 Å². The first kappa shape index (κ1) is 16.5. The molecule has 0 N–H and O–H groups in total. The molecule has 0 saturated heterocycles. The molecule has 0 aliphatic rings. The van der Waals surface area contributed by atoms with Crippen LogP contribution in [0.3, 0.4) is 0 Å². The lowest BCUT2D eigenvalue weighted by atomic mass is 9.99. The highest BCUT2D eigenvalue weighted by atomic mass is 19.4. The Morgan fingerprint density at radius 2 is 1.50 bits per heavy atom. The van der Waals surface area contributed by atoms with Gasteiger partial charge in [-0.15, -0.1) is 0 Å². The van der Waals surface area contributed by atoms with Gasteiger partial charge in [0.15, 0.2) is 0 Å². The van der Waals surface area contributed by atoms with Crippen molar-refractivity contribution in [1.82, 2.24) is 0 Å². The normalized spacial score (nSPS) is 10.3. The number of aryl methyl sites for hydroxylation is 1. The van der Waals surface area contributed by atoms with E-state index >= 15 is 0 Å². The topological polar surface area (TPSA) is 0 Å². The van der Waals surface area contributed by atoms with Crippen LogP contribution >= 0.6 is 0 Å². The predicted molar refractivity (Wildman–Crippen MR) is 71.4 cm³/mol. The van der Waals surface area contributed by atoms with Crippen LogP contribution in [0.2, 0.25) is 0 Å². The summed E-state index contributed by atoms with van der Waals surface area (Å²) in [5.41, 5.74) is 1.45. The summed E-state index contributed by atoms with van der Waals surface area (Å²) in [6.07, 6.45) is -4.58. The van der Waals surface area contributed by atoms with Gasteiger partial charge in [-0.2, -0.15) is 13.2 Å². The van der Waals surface area contributed by atoms with Crippen molar-refractivity contribution in [2.75, 3.05) is 0 Å². The molecule has 0 radical (unpaired) electrons. The molecular weight excluding hydrogens is 237 g/mol. The van der Waals surface area contributed by atoms with Gasteiger partial charge in [0.2, 0.25) is 0 Å². The highest BCUT2D eigenvalue weighted by Gasteiger charge is 2.31. The Balaban J connectivity index is 0.00000137. The Morgan fingerprint density at radius 1 is 1.06 bits per heavy atom. The Labute approximate surface area is 107 Å². The van der Waals surface area contributed by atoms with Crippen molar-refractivity contribution in [3.63, 3.8) is 0 Å². The molecule has 0 unspecified atom stereocenters. The number of allylic oxidation sites excluding steroid dienone is 2. The summed E-state index contributed by atoms with van der Waals surface area (Å²) in [7, 11) is 0. The number of rotatable bonds is 3. The molecule has 3 heteroatoms. The summed E-state index contributed by atoms with van der Waals surface area (Å²) >= 11 is 0. The van der Waals surface area contributed by atoms with Crippen molar-refractivity contribution in [3.05, 3.63) is 54.1 Å². The lowest BCUT2D eigenvalue weighted by Gasteiger charge is -2.12. The molecular formula is C15H19F3. The Bertz CT molecular complexity index is 397. The molecule has 100 valence electrons. The minimum atomic E-state index is -4.34. The van der Waals surface area contributed by atoms with Gasteiger partial charge in [-0.1, -0.05) is 56.8 Å². The average molecular weight is 256 g/mol. The average Bonchev–Trinajstić information content (AvgIpc) is 2.31. The molecule has 1 rings (SSSR count). The summed E-state index contributed by atoms with van der Waals surface area (Å²) in [6, 6.07) is 7.22. The molecule has 0 bridgehead atoms. The smallest absolute Gasteiger partial charge is 0.166 e. The number of benzene rings is 1. The minimum absolute atomic E-state index is 0.243. The monoisotopic (exact) mass is 256 g/mol. The first-order valence-electron chi connectivity index (χ1n) is 5.80. The van der Waals surface area contributed by atoms with Crippen molar-refractivity contribution < 1.29 is 13.2 Å². The zero-order chi connectivity index (χ0) is 14.3. The van der Waals surface area contributed by atoms with Gasteiger partial charge in [-0.25, -0.2) is 0 Å². The van der Waals surface area contributed by atoms with Crippen LogP contribution in [-0.2, 0) is 0 Å². The van der Waals surface area contributed by atoms with E-state index in [4.69, 9.17) is 0 Å². The van der Waals surface area contributed by atoms with Gasteiger partial charge in [0.25, 0.3) is 0 Å². The molecule has 0 spiro atoms. The van der Waals surface area contributed by atoms with Gasteiger partial charge in [0, 0.05) is 12.0 Å². The zero-order valence-electron chi connectivity index (χ0n) is 11.1. The second-order valence-corrected chi connectivity index (χ2v) is 3.75. The Kier molecular flexibility index (Phi) is 6.45. The summed E-state index contributed by atoms with van der Waals surface area (Å²) in [5, 5.41) is 0. The summed E-state index contributed by atoms with van der Waals surface area (Å²) in [6.45, 7) is 12.6.